The van der Waals surface area contributed by atoms with Gasteiger partial charge in [0.2, 0.25) is 15.9 Å². The molecule has 2 aromatic carbocycles. The Morgan fingerprint density at radius 2 is 1.77 bits per heavy atom. The lowest BCUT2D eigenvalue weighted by Gasteiger charge is -2.11. The smallest absolute Gasteiger partial charge is 0.242 e. The van der Waals surface area contributed by atoms with Crippen LogP contribution in [0.2, 0.25) is 0 Å². The Morgan fingerprint density at radius 3 is 2.41 bits per heavy atom. The zero-order valence-corrected chi connectivity index (χ0v) is 12.8. The second-order valence-corrected chi connectivity index (χ2v) is 7.13. The van der Waals surface area contributed by atoms with Crippen molar-refractivity contribution in [1.82, 2.24) is 9.29 Å². The highest BCUT2D eigenvalue weighted by Gasteiger charge is 2.17. The number of nitrogens with zero attached hydrogens (tertiary/aromatic N) is 2. The lowest BCUT2D eigenvalue weighted by Crippen LogP contribution is -2.22. The Morgan fingerprint density at radius 1 is 1.09 bits per heavy atom. The molecule has 0 aliphatic heterocycles. The van der Waals surface area contributed by atoms with Gasteiger partial charge in [-0.05, 0) is 36.4 Å². The van der Waals surface area contributed by atoms with E-state index in [-0.39, 0.29) is 10.6 Å². The minimum Gasteiger partial charge on any atom is -0.508 e. The largest absolute Gasteiger partial charge is 0.508 e. The van der Waals surface area contributed by atoms with Crippen molar-refractivity contribution in [3.63, 3.8) is 0 Å². The number of oxazole rings is 1. The summed E-state index contributed by atoms with van der Waals surface area (Å²) < 4.78 is 30.8. The molecular formula is C15H14N2O4S. The highest BCUT2D eigenvalue weighted by Crippen LogP contribution is 2.27. The summed E-state index contributed by atoms with van der Waals surface area (Å²) in [5, 5.41) is 9.43. The monoisotopic (exact) mass is 318 g/mol. The fraction of sp³-hybridized carbons (Fsp3) is 0.133. The molecule has 0 bridgehead atoms. The third kappa shape index (κ3) is 2.44. The van der Waals surface area contributed by atoms with Crippen LogP contribution >= 0.6 is 0 Å². The van der Waals surface area contributed by atoms with Crippen LogP contribution in [0.15, 0.2) is 51.8 Å². The van der Waals surface area contributed by atoms with Crippen molar-refractivity contribution in [3.8, 4) is 17.2 Å². The molecule has 0 unspecified atom stereocenters. The van der Waals surface area contributed by atoms with E-state index in [9.17, 15) is 13.5 Å². The van der Waals surface area contributed by atoms with E-state index in [0.717, 1.165) is 4.31 Å². The molecule has 1 aromatic heterocycles. The van der Waals surface area contributed by atoms with Gasteiger partial charge in [0.15, 0.2) is 5.58 Å². The molecule has 3 rings (SSSR count). The Bertz CT molecular complexity index is 928. The maximum atomic E-state index is 12.0. The number of hydrogen-bond acceptors (Lipinski definition) is 5. The first-order valence-electron chi connectivity index (χ1n) is 6.50. The second kappa shape index (κ2) is 5.11. The van der Waals surface area contributed by atoms with Gasteiger partial charge in [-0.3, -0.25) is 0 Å². The normalized spacial score (nSPS) is 12.1. The predicted molar refractivity (Wildman–Crippen MR) is 82.0 cm³/mol. The lowest BCUT2D eigenvalue weighted by molar-refractivity contribution is 0.476. The number of phenolic OH excluding ortho intramolecular Hbond substituents is 1. The Balaban J connectivity index is 2.01. The molecule has 0 aliphatic rings. The average molecular weight is 318 g/mol. The topological polar surface area (TPSA) is 83.6 Å². The fourth-order valence-electron chi connectivity index (χ4n) is 2.02. The Kier molecular flexibility index (Phi) is 3.38. The molecule has 0 amide bonds. The molecule has 7 heteroatoms. The molecule has 0 radical (unpaired) electrons. The first-order valence-corrected chi connectivity index (χ1v) is 7.94. The summed E-state index contributed by atoms with van der Waals surface area (Å²) in [7, 11) is -0.492. The van der Waals surface area contributed by atoms with E-state index < -0.39 is 10.0 Å². The molecule has 0 fully saturated rings. The molecule has 1 N–H and O–H groups in total. The van der Waals surface area contributed by atoms with Crippen LogP contribution in [-0.2, 0) is 10.0 Å². The SMILES string of the molecule is CN(C)S(=O)(=O)c1ccc(-c2nc3cc(O)ccc3o2)cc1. The van der Waals surface area contributed by atoms with E-state index >= 15 is 0 Å². The Hall–Kier alpha value is -2.38. The molecule has 0 atom stereocenters. The van der Waals surface area contributed by atoms with Crippen molar-refractivity contribution in [2.24, 2.45) is 0 Å². The number of aromatic nitrogens is 1. The van der Waals surface area contributed by atoms with Gasteiger partial charge in [0.25, 0.3) is 0 Å². The van der Waals surface area contributed by atoms with Gasteiger partial charge in [-0.15, -0.1) is 0 Å². The van der Waals surface area contributed by atoms with Crippen LogP contribution in [0.25, 0.3) is 22.6 Å². The van der Waals surface area contributed by atoms with Gasteiger partial charge >= 0.3 is 0 Å². The van der Waals surface area contributed by atoms with Crippen molar-refractivity contribution in [2.75, 3.05) is 14.1 Å². The van der Waals surface area contributed by atoms with Crippen LogP contribution in [0, 0.1) is 0 Å². The maximum Gasteiger partial charge on any atom is 0.242 e. The van der Waals surface area contributed by atoms with Crippen LogP contribution in [0.5, 0.6) is 5.75 Å². The molecule has 1 heterocycles. The van der Waals surface area contributed by atoms with Crippen LogP contribution in [-0.4, -0.2) is 36.9 Å². The third-order valence-corrected chi connectivity index (χ3v) is 5.08. The van der Waals surface area contributed by atoms with Crippen LogP contribution in [0.4, 0.5) is 0 Å². The highest BCUT2D eigenvalue weighted by atomic mass is 32.2. The summed E-state index contributed by atoms with van der Waals surface area (Å²) in [4.78, 5) is 4.49. The standard InChI is InChI=1S/C15H14N2O4S/c1-17(2)22(19,20)12-6-3-10(4-7-12)15-16-13-9-11(18)5-8-14(13)21-15/h3-9,18H,1-2H3. The average Bonchev–Trinajstić information content (AvgIpc) is 2.90. The van der Waals surface area contributed by atoms with Crippen LogP contribution < -0.4 is 0 Å². The van der Waals surface area contributed by atoms with Gasteiger partial charge < -0.3 is 9.52 Å². The molecule has 0 saturated carbocycles. The van der Waals surface area contributed by atoms with Gasteiger partial charge in [0.1, 0.15) is 11.3 Å². The van der Waals surface area contributed by atoms with E-state index in [1.165, 1.54) is 38.4 Å². The minimum atomic E-state index is -3.46. The molecule has 3 aromatic rings. The molecule has 114 valence electrons. The summed E-state index contributed by atoms with van der Waals surface area (Å²) in [6, 6.07) is 11.0. The lowest BCUT2D eigenvalue weighted by atomic mass is 10.2. The maximum absolute atomic E-state index is 12.0. The van der Waals surface area contributed by atoms with Gasteiger partial charge in [-0.25, -0.2) is 17.7 Å². The zero-order valence-electron chi connectivity index (χ0n) is 12.0. The van der Waals surface area contributed by atoms with Gasteiger partial charge in [-0.1, -0.05) is 0 Å². The summed E-state index contributed by atoms with van der Waals surface area (Å²) in [5.74, 6) is 0.481. The van der Waals surface area contributed by atoms with E-state index in [2.05, 4.69) is 4.98 Å². The van der Waals surface area contributed by atoms with E-state index in [1.807, 2.05) is 0 Å². The number of phenols is 1. The van der Waals surface area contributed by atoms with Crippen molar-refractivity contribution in [3.05, 3.63) is 42.5 Å². The van der Waals surface area contributed by atoms with E-state index in [1.54, 1.807) is 18.2 Å². The molecule has 22 heavy (non-hydrogen) atoms. The van der Waals surface area contributed by atoms with Gasteiger partial charge in [0.05, 0.1) is 4.90 Å². The molecule has 6 nitrogen and oxygen atoms in total. The van der Waals surface area contributed by atoms with E-state index in [0.29, 0.717) is 22.6 Å². The molecule has 0 saturated heterocycles. The molecular weight excluding hydrogens is 304 g/mol. The van der Waals surface area contributed by atoms with Crippen LogP contribution in [0.1, 0.15) is 0 Å². The summed E-state index contributed by atoms with van der Waals surface area (Å²) in [6.07, 6.45) is 0. The zero-order chi connectivity index (χ0) is 15.9. The van der Waals surface area contributed by atoms with Crippen molar-refractivity contribution < 1.29 is 17.9 Å². The first-order chi connectivity index (χ1) is 10.4. The summed E-state index contributed by atoms with van der Waals surface area (Å²) >= 11 is 0. The number of hydrogen-bond donors (Lipinski definition) is 1. The van der Waals surface area contributed by atoms with E-state index in [4.69, 9.17) is 4.42 Å². The quantitative estimate of drug-likeness (QED) is 0.802. The van der Waals surface area contributed by atoms with Gasteiger partial charge in [0, 0.05) is 25.7 Å². The van der Waals surface area contributed by atoms with Gasteiger partial charge in [-0.2, -0.15) is 0 Å². The van der Waals surface area contributed by atoms with Crippen LogP contribution in [0.3, 0.4) is 0 Å². The number of fused-ring (bicyclic) bond motifs is 1. The Labute approximate surface area is 127 Å². The minimum absolute atomic E-state index is 0.111. The van der Waals surface area contributed by atoms with Crippen molar-refractivity contribution >= 4 is 21.1 Å². The predicted octanol–water partition coefficient (Wildman–Crippen LogP) is 2.45. The molecule has 0 aliphatic carbocycles. The number of sulfonamides is 1. The van der Waals surface area contributed by atoms with Crippen molar-refractivity contribution in [2.45, 2.75) is 4.90 Å². The summed E-state index contributed by atoms with van der Waals surface area (Å²) in [6.45, 7) is 0. The fourth-order valence-corrected chi connectivity index (χ4v) is 2.92. The third-order valence-electron chi connectivity index (χ3n) is 3.25. The number of aromatic hydroxyl groups is 1. The summed E-state index contributed by atoms with van der Waals surface area (Å²) in [5.41, 5.74) is 1.76. The number of rotatable bonds is 3. The first kappa shape index (κ1) is 14.6. The van der Waals surface area contributed by atoms with Crippen molar-refractivity contribution in [1.29, 1.82) is 0 Å². The number of benzene rings is 2. The highest BCUT2D eigenvalue weighted by molar-refractivity contribution is 7.89. The second-order valence-electron chi connectivity index (χ2n) is 4.98. The molecule has 0 spiro atoms.